The Balaban J connectivity index is 4.49. The molecule has 0 aliphatic rings. The predicted octanol–water partition coefficient (Wildman–Crippen LogP) is 10.3. The first kappa shape index (κ1) is 49.5. The van der Waals surface area contributed by atoms with E-state index in [1.165, 1.54) is 83.5 Å². The van der Waals surface area contributed by atoms with Gasteiger partial charge in [-0.15, -0.1) is 0 Å². The molecule has 1 amide bonds. The zero-order valence-corrected chi connectivity index (χ0v) is 34.4. The monoisotopic (exact) mass is 739 g/mol. The van der Waals surface area contributed by atoms with Crippen LogP contribution in [0.4, 0.5) is 0 Å². The zero-order valence-electron chi connectivity index (χ0n) is 33.5. The molecule has 0 aromatic carbocycles. The second-order valence-corrected chi connectivity index (χ2v) is 16.4. The maximum absolute atomic E-state index is 12.8. The summed E-state index contributed by atoms with van der Waals surface area (Å²) in [6.07, 6.45) is 41.5. The number of allylic oxidation sites excluding steroid dienone is 7. The van der Waals surface area contributed by atoms with E-state index in [9.17, 15) is 19.4 Å². The minimum Gasteiger partial charge on any atom is -0.756 e. The van der Waals surface area contributed by atoms with Crippen LogP contribution in [0.2, 0.25) is 0 Å². The third-order valence-corrected chi connectivity index (χ3v) is 9.73. The molecule has 3 atom stereocenters. The standard InChI is InChI=1S/C42H79N2O6P/c1-6-8-10-12-14-16-18-19-20-21-22-23-24-26-28-30-32-34-36-42(46)43-40(39-50-51(47,48)49-38-37-44(3,4)5)41(45)35-33-31-29-27-25-17-15-13-11-9-7-2/h16,18,20-21,25,27,33,35,40-41,45H,6-15,17,19,22-24,26,28-32,34,36-39H2,1-5H3,(H-,43,46,47,48)/b18-16-,21-20-,27-25+,35-33+. The van der Waals surface area contributed by atoms with Gasteiger partial charge in [0.1, 0.15) is 13.2 Å². The molecule has 0 saturated heterocycles. The Bertz CT molecular complexity index is 975. The lowest BCUT2D eigenvalue weighted by molar-refractivity contribution is -0.870. The number of phosphoric acid groups is 1. The molecule has 9 heteroatoms. The molecule has 8 nitrogen and oxygen atoms in total. The molecule has 0 fully saturated rings. The quantitative estimate of drug-likeness (QED) is 0.0287. The van der Waals surface area contributed by atoms with Crippen LogP contribution in [0.15, 0.2) is 48.6 Å². The van der Waals surface area contributed by atoms with E-state index in [0.29, 0.717) is 17.4 Å². The molecule has 51 heavy (non-hydrogen) atoms. The molecule has 3 unspecified atom stereocenters. The van der Waals surface area contributed by atoms with Crippen molar-refractivity contribution in [3.05, 3.63) is 48.6 Å². The summed E-state index contributed by atoms with van der Waals surface area (Å²) in [6.45, 7) is 4.55. The molecule has 298 valence electrons. The Kier molecular flexibility index (Phi) is 33.2. The average Bonchev–Trinajstić information content (AvgIpc) is 3.07. The fourth-order valence-corrected chi connectivity index (χ4v) is 6.15. The van der Waals surface area contributed by atoms with Gasteiger partial charge < -0.3 is 28.8 Å². The lowest BCUT2D eigenvalue weighted by atomic mass is 10.1. The number of carbonyl (C=O) groups is 1. The molecule has 0 aromatic rings. The highest BCUT2D eigenvalue weighted by Gasteiger charge is 2.23. The Hall–Kier alpha value is -1.54. The molecular weight excluding hydrogens is 659 g/mol. The molecule has 0 aliphatic carbocycles. The topological polar surface area (TPSA) is 108 Å². The van der Waals surface area contributed by atoms with E-state index in [0.717, 1.165) is 57.8 Å². The Morgan fingerprint density at radius 2 is 1.16 bits per heavy atom. The summed E-state index contributed by atoms with van der Waals surface area (Å²) < 4.78 is 23.1. The zero-order chi connectivity index (χ0) is 37.9. The van der Waals surface area contributed by atoms with Gasteiger partial charge in [-0.05, 0) is 64.2 Å². The summed E-state index contributed by atoms with van der Waals surface area (Å²) in [5.41, 5.74) is 0. The van der Waals surface area contributed by atoms with E-state index in [2.05, 4.69) is 55.6 Å². The summed E-state index contributed by atoms with van der Waals surface area (Å²) in [4.78, 5) is 25.2. The molecule has 0 rings (SSSR count). The third-order valence-electron chi connectivity index (χ3n) is 8.76. The minimum atomic E-state index is -4.59. The largest absolute Gasteiger partial charge is 0.756 e. The van der Waals surface area contributed by atoms with Gasteiger partial charge in [-0.1, -0.05) is 140 Å². The summed E-state index contributed by atoms with van der Waals surface area (Å²) >= 11 is 0. The van der Waals surface area contributed by atoms with E-state index in [1.807, 2.05) is 27.2 Å². The summed E-state index contributed by atoms with van der Waals surface area (Å²) in [5.74, 6) is -0.220. The van der Waals surface area contributed by atoms with Crippen molar-refractivity contribution in [2.24, 2.45) is 0 Å². The number of phosphoric ester groups is 1. The number of amides is 1. The van der Waals surface area contributed by atoms with Crippen molar-refractivity contribution in [1.29, 1.82) is 0 Å². The second kappa shape index (κ2) is 34.2. The minimum absolute atomic E-state index is 0.00968. The fraction of sp³-hybridized carbons (Fsp3) is 0.786. The van der Waals surface area contributed by atoms with Gasteiger partial charge in [0, 0.05) is 6.42 Å². The Morgan fingerprint density at radius 3 is 1.73 bits per heavy atom. The smallest absolute Gasteiger partial charge is 0.268 e. The van der Waals surface area contributed by atoms with Gasteiger partial charge in [0.2, 0.25) is 5.91 Å². The van der Waals surface area contributed by atoms with Crippen LogP contribution < -0.4 is 10.2 Å². The molecule has 0 aliphatic heterocycles. The van der Waals surface area contributed by atoms with Crippen LogP contribution in [-0.2, 0) is 18.4 Å². The number of rotatable bonds is 36. The van der Waals surface area contributed by atoms with E-state index in [1.54, 1.807) is 6.08 Å². The highest BCUT2D eigenvalue weighted by molar-refractivity contribution is 7.45. The maximum Gasteiger partial charge on any atom is 0.268 e. The van der Waals surface area contributed by atoms with Gasteiger partial charge in [-0.3, -0.25) is 9.36 Å². The number of hydrogen-bond donors (Lipinski definition) is 2. The van der Waals surface area contributed by atoms with Gasteiger partial charge in [0.25, 0.3) is 7.82 Å². The molecule has 0 spiro atoms. The van der Waals surface area contributed by atoms with Crippen LogP contribution in [0.25, 0.3) is 0 Å². The number of unbranched alkanes of at least 4 members (excludes halogenated alkanes) is 17. The lowest BCUT2D eigenvalue weighted by Gasteiger charge is -2.29. The molecule has 0 saturated carbocycles. The van der Waals surface area contributed by atoms with Crippen molar-refractivity contribution in [2.45, 2.75) is 174 Å². The number of aliphatic hydroxyl groups excluding tert-OH is 1. The molecule has 0 radical (unpaired) electrons. The molecule has 0 aromatic heterocycles. The van der Waals surface area contributed by atoms with Gasteiger partial charge >= 0.3 is 0 Å². The first-order valence-corrected chi connectivity index (χ1v) is 22.0. The van der Waals surface area contributed by atoms with Crippen LogP contribution >= 0.6 is 7.82 Å². The predicted molar refractivity (Wildman–Crippen MR) is 214 cm³/mol. The van der Waals surface area contributed by atoms with Crippen molar-refractivity contribution in [2.75, 3.05) is 40.9 Å². The molecule has 0 heterocycles. The fourth-order valence-electron chi connectivity index (χ4n) is 5.43. The average molecular weight is 739 g/mol. The second-order valence-electron chi connectivity index (χ2n) is 15.0. The van der Waals surface area contributed by atoms with Crippen molar-refractivity contribution in [3.63, 3.8) is 0 Å². The molecule has 2 N–H and O–H groups in total. The summed E-state index contributed by atoms with van der Waals surface area (Å²) in [5, 5.41) is 13.7. The first-order valence-electron chi connectivity index (χ1n) is 20.5. The van der Waals surface area contributed by atoms with Crippen LogP contribution in [0.3, 0.4) is 0 Å². The number of quaternary nitrogens is 1. The van der Waals surface area contributed by atoms with Gasteiger partial charge in [-0.2, -0.15) is 0 Å². The van der Waals surface area contributed by atoms with E-state index in [4.69, 9.17) is 9.05 Å². The van der Waals surface area contributed by atoms with E-state index >= 15 is 0 Å². The van der Waals surface area contributed by atoms with Crippen LogP contribution in [0.1, 0.15) is 162 Å². The lowest BCUT2D eigenvalue weighted by Crippen LogP contribution is -2.45. The van der Waals surface area contributed by atoms with Crippen molar-refractivity contribution >= 4 is 13.7 Å². The Labute approximate surface area is 314 Å². The summed E-state index contributed by atoms with van der Waals surface area (Å²) in [6, 6.07) is -0.905. The van der Waals surface area contributed by atoms with Gasteiger partial charge in [-0.25, -0.2) is 0 Å². The number of nitrogens with zero attached hydrogens (tertiary/aromatic N) is 1. The SMILES string of the molecule is CCCCCC/C=C\C/C=C\CCCCCCCCCC(=O)NC(COP(=O)([O-])OCC[N+](C)(C)C)C(O)/C=C/CC/C=C/CCCCCCC. The highest BCUT2D eigenvalue weighted by Crippen LogP contribution is 2.38. The van der Waals surface area contributed by atoms with Gasteiger partial charge in [0.15, 0.2) is 0 Å². The maximum atomic E-state index is 12.8. The highest BCUT2D eigenvalue weighted by atomic mass is 31.2. The van der Waals surface area contributed by atoms with Crippen molar-refractivity contribution in [3.8, 4) is 0 Å². The summed E-state index contributed by atoms with van der Waals surface area (Å²) in [7, 11) is 1.23. The van der Waals surface area contributed by atoms with E-state index < -0.39 is 26.6 Å². The number of likely N-dealkylation sites (N-methyl/N-ethyl adjacent to an activating group) is 1. The van der Waals surface area contributed by atoms with Crippen LogP contribution in [-0.4, -0.2) is 68.5 Å². The Morgan fingerprint density at radius 1 is 0.686 bits per heavy atom. The normalized spacial score (nSPS) is 15.0. The number of aliphatic hydroxyl groups is 1. The third kappa shape index (κ3) is 36.6. The molecular formula is C42H79N2O6P. The molecule has 0 bridgehead atoms. The first-order chi connectivity index (χ1) is 24.5. The number of carbonyl (C=O) groups excluding carboxylic acids is 1. The van der Waals surface area contributed by atoms with Crippen molar-refractivity contribution in [1.82, 2.24) is 5.32 Å². The van der Waals surface area contributed by atoms with Gasteiger partial charge in [0.05, 0.1) is 39.9 Å². The van der Waals surface area contributed by atoms with Crippen molar-refractivity contribution < 1.29 is 32.9 Å². The van der Waals surface area contributed by atoms with E-state index in [-0.39, 0.29) is 12.5 Å². The number of hydrogen-bond acceptors (Lipinski definition) is 6. The van der Waals surface area contributed by atoms with Crippen LogP contribution in [0.5, 0.6) is 0 Å². The number of nitrogens with one attached hydrogen (secondary N) is 1. The van der Waals surface area contributed by atoms with Crippen LogP contribution in [0, 0.1) is 0 Å².